The number of likely N-dealkylation sites (tertiary alicyclic amines) is 1. The topological polar surface area (TPSA) is 73.0 Å². The average Bonchev–Trinajstić information content (AvgIpc) is 3.15. The molecule has 0 radical (unpaired) electrons. The lowest BCUT2D eigenvalue weighted by Gasteiger charge is -2.30. The summed E-state index contributed by atoms with van der Waals surface area (Å²) in [6, 6.07) is 3.55. The molecule has 6 nitrogen and oxygen atoms in total. The Kier molecular flexibility index (Phi) is 11.3. The first-order valence-electron chi connectivity index (χ1n) is 10.0. The highest BCUT2D eigenvalue weighted by atomic mass is 127. The van der Waals surface area contributed by atoms with Gasteiger partial charge >= 0.3 is 0 Å². The molecule has 0 spiro atoms. The summed E-state index contributed by atoms with van der Waals surface area (Å²) in [5, 5.41) is 17.1. The summed E-state index contributed by atoms with van der Waals surface area (Å²) in [6.45, 7) is 11.7. The molecule has 27 heavy (non-hydrogen) atoms. The van der Waals surface area contributed by atoms with E-state index in [2.05, 4.69) is 27.4 Å². The molecule has 1 fully saturated rings. The minimum absolute atomic E-state index is 0. The van der Waals surface area contributed by atoms with Crippen LogP contribution < -0.4 is 10.6 Å². The number of nitrogens with one attached hydrogen (secondary N) is 2. The fraction of sp³-hybridized carbons (Fsp3) is 0.750. The van der Waals surface area contributed by atoms with E-state index in [0.717, 1.165) is 31.4 Å². The monoisotopic (exact) mass is 492 g/mol. The Hall–Kier alpha value is -0.800. The second-order valence-electron chi connectivity index (χ2n) is 7.63. The molecule has 2 unspecified atom stereocenters. The Labute approximate surface area is 181 Å². The third-order valence-electron chi connectivity index (χ3n) is 4.88. The third kappa shape index (κ3) is 8.83. The second kappa shape index (κ2) is 12.6. The Morgan fingerprint density at radius 1 is 1.41 bits per heavy atom. The van der Waals surface area contributed by atoms with E-state index >= 15 is 0 Å². The summed E-state index contributed by atoms with van der Waals surface area (Å²) >= 11 is 0. The van der Waals surface area contributed by atoms with Gasteiger partial charge in [0.25, 0.3) is 0 Å². The number of halogens is 1. The summed E-state index contributed by atoms with van der Waals surface area (Å²) in [4.78, 5) is 7.10. The molecular formula is C20H37IN4O2. The van der Waals surface area contributed by atoms with E-state index in [0.29, 0.717) is 5.76 Å². The lowest BCUT2D eigenvalue weighted by molar-refractivity contribution is 0.0437. The molecule has 0 saturated carbocycles. The van der Waals surface area contributed by atoms with Crippen molar-refractivity contribution in [2.24, 2.45) is 10.9 Å². The zero-order chi connectivity index (χ0) is 18.8. The van der Waals surface area contributed by atoms with Crippen molar-refractivity contribution >= 4 is 29.9 Å². The number of guanidine groups is 1. The molecule has 156 valence electrons. The van der Waals surface area contributed by atoms with Gasteiger partial charge < -0.3 is 25.1 Å². The first kappa shape index (κ1) is 24.2. The molecule has 1 aliphatic rings. The molecule has 0 aromatic carbocycles. The predicted molar refractivity (Wildman–Crippen MR) is 122 cm³/mol. The molecule has 2 rings (SSSR count). The minimum atomic E-state index is -1.10. The summed E-state index contributed by atoms with van der Waals surface area (Å²) in [5.41, 5.74) is -1.10. The van der Waals surface area contributed by atoms with Crippen LogP contribution in [0.5, 0.6) is 0 Å². The van der Waals surface area contributed by atoms with Gasteiger partial charge in [-0.3, -0.25) is 0 Å². The molecule has 2 atom stereocenters. The molecular weight excluding hydrogens is 455 g/mol. The first-order valence-corrected chi connectivity index (χ1v) is 10.0. The molecule has 3 N–H and O–H groups in total. The van der Waals surface area contributed by atoms with Gasteiger partial charge in [0.2, 0.25) is 0 Å². The number of nitrogens with zero attached hydrogens (tertiary/aromatic N) is 2. The van der Waals surface area contributed by atoms with Gasteiger partial charge in [0.05, 0.1) is 12.8 Å². The maximum absolute atomic E-state index is 10.5. The van der Waals surface area contributed by atoms with Gasteiger partial charge in [-0.2, -0.15) is 0 Å². The average molecular weight is 492 g/mol. The van der Waals surface area contributed by atoms with E-state index < -0.39 is 5.60 Å². The van der Waals surface area contributed by atoms with Crippen molar-refractivity contribution in [1.29, 1.82) is 0 Å². The zero-order valence-electron chi connectivity index (χ0n) is 17.0. The number of hydrogen-bond donors (Lipinski definition) is 3. The third-order valence-corrected chi connectivity index (χ3v) is 4.88. The zero-order valence-corrected chi connectivity index (χ0v) is 19.4. The molecule has 1 saturated heterocycles. The quantitative estimate of drug-likeness (QED) is 0.214. The van der Waals surface area contributed by atoms with Crippen LogP contribution in [-0.4, -0.2) is 55.2 Å². The maximum atomic E-state index is 10.5. The Bertz CT molecular complexity index is 534. The summed E-state index contributed by atoms with van der Waals surface area (Å²) in [7, 11) is 0. The lowest BCUT2D eigenvalue weighted by Crippen LogP contribution is -2.39. The van der Waals surface area contributed by atoms with Gasteiger partial charge in [-0.1, -0.05) is 6.92 Å². The van der Waals surface area contributed by atoms with Crippen molar-refractivity contribution < 1.29 is 9.52 Å². The number of aliphatic hydroxyl groups is 1. The van der Waals surface area contributed by atoms with E-state index in [1.165, 1.54) is 38.9 Å². The van der Waals surface area contributed by atoms with Crippen LogP contribution in [0, 0.1) is 5.92 Å². The van der Waals surface area contributed by atoms with Crippen molar-refractivity contribution in [2.75, 3.05) is 39.3 Å². The molecule has 1 aromatic rings. The number of hydrogen-bond acceptors (Lipinski definition) is 4. The summed E-state index contributed by atoms with van der Waals surface area (Å²) in [5.74, 6) is 2.12. The van der Waals surface area contributed by atoms with Crippen LogP contribution in [0.15, 0.2) is 27.8 Å². The largest absolute Gasteiger partial charge is 0.466 e. The van der Waals surface area contributed by atoms with E-state index in [1.54, 1.807) is 25.3 Å². The van der Waals surface area contributed by atoms with Gasteiger partial charge in [-0.25, -0.2) is 4.99 Å². The first-order chi connectivity index (χ1) is 12.5. The Morgan fingerprint density at radius 3 is 2.89 bits per heavy atom. The van der Waals surface area contributed by atoms with Crippen molar-refractivity contribution in [3.63, 3.8) is 0 Å². The van der Waals surface area contributed by atoms with Crippen LogP contribution in [0.3, 0.4) is 0 Å². The van der Waals surface area contributed by atoms with Crippen LogP contribution in [0.1, 0.15) is 52.2 Å². The predicted octanol–water partition coefficient (Wildman–Crippen LogP) is 3.17. The van der Waals surface area contributed by atoms with E-state index in [-0.39, 0.29) is 30.5 Å². The molecule has 1 aromatic heterocycles. The van der Waals surface area contributed by atoms with Gasteiger partial charge in [0.15, 0.2) is 5.96 Å². The van der Waals surface area contributed by atoms with Crippen LogP contribution in [0.25, 0.3) is 0 Å². The number of aliphatic imine (C=N–C) groups is 1. The number of rotatable bonds is 9. The number of furan rings is 1. The Morgan fingerprint density at radius 2 is 2.22 bits per heavy atom. The summed E-state index contributed by atoms with van der Waals surface area (Å²) < 4.78 is 5.30. The highest BCUT2D eigenvalue weighted by Crippen LogP contribution is 2.21. The highest BCUT2D eigenvalue weighted by molar-refractivity contribution is 14.0. The fourth-order valence-electron chi connectivity index (χ4n) is 3.39. The van der Waals surface area contributed by atoms with Gasteiger partial charge in [-0.15, -0.1) is 24.0 Å². The standard InChI is InChI=1S/C20H36N4O2.HI/c1-4-21-19(23-16-20(3,25)18-10-8-14-26-18)22-11-5-6-12-24-13-7-9-17(2)15-24;/h8,10,14,17,25H,4-7,9,11-13,15-16H2,1-3H3,(H2,21,22,23);1H. The van der Waals surface area contributed by atoms with Gasteiger partial charge in [-0.05, 0) is 70.7 Å². The van der Waals surface area contributed by atoms with Crippen LogP contribution >= 0.6 is 24.0 Å². The molecule has 0 bridgehead atoms. The smallest absolute Gasteiger partial charge is 0.191 e. The van der Waals surface area contributed by atoms with Crippen molar-refractivity contribution in [3.8, 4) is 0 Å². The van der Waals surface area contributed by atoms with Crippen molar-refractivity contribution in [3.05, 3.63) is 24.2 Å². The summed E-state index contributed by atoms with van der Waals surface area (Å²) in [6.07, 6.45) is 6.60. The van der Waals surface area contributed by atoms with Crippen molar-refractivity contribution in [1.82, 2.24) is 15.5 Å². The Balaban J connectivity index is 0.00000364. The molecule has 2 heterocycles. The molecule has 7 heteroatoms. The van der Waals surface area contributed by atoms with Gasteiger partial charge in [0.1, 0.15) is 11.4 Å². The van der Waals surface area contributed by atoms with E-state index in [4.69, 9.17) is 4.42 Å². The SMILES string of the molecule is CCNC(=NCC(C)(O)c1ccco1)NCCCCN1CCCC(C)C1.I. The second-order valence-corrected chi connectivity index (χ2v) is 7.63. The van der Waals surface area contributed by atoms with E-state index in [9.17, 15) is 5.11 Å². The van der Waals surface area contributed by atoms with Crippen molar-refractivity contribution in [2.45, 2.75) is 52.1 Å². The number of piperidine rings is 1. The van der Waals surface area contributed by atoms with Crippen LogP contribution in [0.4, 0.5) is 0 Å². The lowest BCUT2D eigenvalue weighted by atomic mass is 10.0. The van der Waals surface area contributed by atoms with Gasteiger partial charge in [0, 0.05) is 19.6 Å². The van der Waals surface area contributed by atoms with Crippen LogP contribution in [0.2, 0.25) is 0 Å². The molecule has 1 aliphatic heterocycles. The minimum Gasteiger partial charge on any atom is -0.466 e. The number of unbranched alkanes of at least 4 members (excludes halogenated alkanes) is 1. The normalized spacial score (nSPS) is 20.6. The van der Waals surface area contributed by atoms with E-state index in [1.807, 2.05) is 6.92 Å². The highest BCUT2D eigenvalue weighted by Gasteiger charge is 2.26. The maximum Gasteiger partial charge on any atom is 0.191 e. The molecule has 0 aliphatic carbocycles. The fourth-order valence-corrected chi connectivity index (χ4v) is 3.39. The molecule has 0 amide bonds. The van der Waals surface area contributed by atoms with Crippen LogP contribution in [-0.2, 0) is 5.60 Å².